The van der Waals surface area contributed by atoms with Crippen LogP contribution in [0.1, 0.15) is 31.7 Å². The highest BCUT2D eigenvalue weighted by atomic mass is 35.5. The van der Waals surface area contributed by atoms with Crippen LogP contribution in [0.2, 0.25) is 0 Å². The molecule has 1 amide bonds. The lowest BCUT2D eigenvalue weighted by molar-refractivity contribution is -0.117. The predicted octanol–water partition coefficient (Wildman–Crippen LogP) is 3.94. The van der Waals surface area contributed by atoms with Crippen molar-refractivity contribution in [2.75, 3.05) is 24.7 Å². The molecule has 1 aliphatic rings. The van der Waals surface area contributed by atoms with Gasteiger partial charge >= 0.3 is 0 Å². The number of thioether (sulfide) groups is 1. The number of halogens is 1. The highest BCUT2D eigenvalue weighted by molar-refractivity contribution is 7.97. The third kappa shape index (κ3) is 6.19. The molecular formula is C17H27ClN2OS. The SMILES string of the molecule is CSCc1ccc(NC(=O)CC(C)C2CCCNC2)cc1.Cl. The molecule has 0 bridgehead atoms. The standard InChI is InChI=1S/C17H26N2OS.ClH/c1-13(15-4-3-9-18-11-15)10-17(20)19-16-7-5-14(6-8-16)12-21-2;/h5-8,13,15,18H,3-4,9-12H2,1-2H3,(H,19,20);1H. The van der Waals surface area contributed by atoms with Crippen LogP contribution in [0.25, 0.3) is 0 Å². The molecule has 2 atom stereocenters. The number of benzene rings is 1. The minimum atomic E-state index is 0. The van der Waals surface area contributed by atoms with Gasteiger partial charge in [-0.1, -0.05) is 19.1 Å². The molecule has 2 rings (SSSR count). The Morgan fingerprint density at radius 1 is 1.41 bits per heavy atom. The van der Waals surface area contributed by atoms with Crippen molar-refractivity contribution in [2.45, 2.75) is 31.9 Å². The Bertz CT molecular complexity index is 446. The van der Waals surface area contributed by atoms with Gasteiger partial charge in [0.25, 0.3) is 0 Å². The summed E-state index contributed by atoms with van der Waals surface area (Å²) in [4.78, 5) is 12.1. The quantitative estimate of drug-likeness (QED) is 0.822. The van der Waals surface area contributed by atoms with Gasteiger partial charge in [-0.3, -0.25) is 4.79 Å². The zero-order valence-corrected chi connectivity index (χ0v) is 15.1. The van der Waals surface area contributed by atoms with E-state index in [0.29, 0.717) is 18.3 Å². The molecule has 124 valence electrons. The van der Waals surface area contributed by atoms with E-state index in [-0.39, 0.29) is 18.3 Å². The van der Waals surface area contributed by atoms with Crippen molar-refractivity contribution in [2.24, 2.45) is 11.8 Å². The summed E-state index contributed by atoms with van der Waals surface area (Å²) in [5.41, 5.74) is 2.20. The summed E-state index contributed by atoms with van der Waals surface area (Å²) < 4.78 is 0. The van der Waals surface area contributed by atoms with Gasteiger partial charge in [-0.15, -0.1) is 12.4 Å². The number of hydrogen-bond acceptors (Lipinski definition) is 3. The lowest BCUT2D eigenvalue weighted by Gasteiger charge is -2.28. The number of anilines is 1. The Morgan fingerprint density at radius 2 is 2.14 bits per heavy atom. The molecule has 22 heavy (non-hydrogen) atoms. The lowest BCUT2D eigenvalue weighted by atomic mass is 9.85. The first-order chi connectivity index (χ1) is 10.2. The van der Waals surface area contributed by atoms with Crippen LogP contribution in [0, 0.1) is 11.8 Å². The van der Waals surface area contributed by atoms with Gasteiger partial charge in [0.15, 0.2) is 0 Å². The maximum Gasteiger partial charge on any atom is 0.224 e. The zero-order valence-electron chi connectivity index (χ0n) is 13.4. The van der Waals surface area contributed by atoms with E-state index in [4.69, 9.17) is 0 Å². The first kappa shape index (κ1) is 19.3. The summed E-state index contributed by atoms with van der Waals surface area (Å²) in [6.07, 6.45) is 5.18. The molecular weight excluding hydrogens is 316 g/mol. The predicted molar refractivity (Wildman–Crippen MR) is 98.9 cm³/mol. The van der Waals surface area contributed by atoms with Crippen LogP contribution < -0.4 is 10.6 Å². The number of amides is 1. The molecule has 0 radical (unpaired) electrons. The van der Waals surface area contributed by atoms with Gasteiger partial charge in [0, 0.05) is 17.9 Å². The van der Waals surface area contributed by atoms with Crippen molar-refractivity contribution >= 4 is 35.8 Å². The Morgan fingerprint density at radius 3 is 2.73 bits per heavy atom. The van der Waals surface area contributed by atoms with E-state index >= 15 is 0 Å². The molecule has 1 saturated heterocycles. The largest absolute Gasteiger partial charge is 0.326 e. The Balaban J connectivity index is 0.00000242. The van der Waals surface area contributed by atoms with Gasteiger partial charge in [-0.2, -0.15) is 11.8 Å². The molecule has 1 aromatic rings. The number of carbonyl (C=O) groups is 1. The second-order valence-electron chi connectivity index (χ2n) is 5.97. The number of nitrogens with one attached hydrogen (secondary N) is 2. The summed E-state index contributed by atoms with van der Waals surface area (Å²) in [6, 6.07) is 8.16. The fourth-order valence-electron chi connectivity index (χ4n) is 2.89. The average Bonchev–Trinajstić information content (AvgIpc) is 2.50. The van der Waals surface area contributed by atoms with Crippen molar-refractivity contribution < 1.29 is 4.79 Å². The van der Waals surface area contributed by atoms with Gasteiger partial charge in [0.05, 0.1) is 0 Å². The Labute approximate surface area is 144 Å². The van der Waals surface area contributed by atoms with Crippen molar-refractivity contribution in [1.82, 2.24) is 5.32 Å². The van der Waals surface area contributed by atoms with Crippen molar-refractivity contribution in [3.8, 4) is 0 Å². The van der Waals surface area contributed by atoms with Crippen LogP contribution in [0.5, 0.6) is 0 Å². The molecule has 1 aromatic carbocycles. The fraction of sp³-hybridized carbons (Fsp3) is 0.588. The summed E-state index contributed by atoms with van der Waals surface area (Å²) >= 11 is 1.81. The van der Waals surface area contributed by atoms with Crippen LogP contribution in [-0.2, 0) is 10.5 Å². The topological polar surface area (TPSA) is 41.1 Å². The summed E-state index contributed by atoms with van der Waals surface area (Å²) in [7, 11) is 0. The molecule has 1 heterocycles. The Kier molecular flexibility index (Phi) is 8.91. The molecule has 5 heteroatoms. The normalized spacial score (nSPS) is 19.1. The van der Waals surface area contributed by atoms with E-state index in [0.717, 1.165) is 24.5 Å². The number of rotatable bonds is 6. The fourth-order valence-corrected chi connectivity index (χ4v) is 3.41. The summed E-state index contributed by atoms with van der Waals surface area (Å²) in [5, 5.41) is 6.44. The summed E-state index contributed by atoms with van der Waals surface area (Å²) in [5.74, 6) is 2.22. The minimum Gasteiger partial charge on any atom is -0.326 e. The van der Waals surface area contributed by atoms with Gasteiger partial charge in [0.1, 0.15) is 0 Å². The van der Waals surface area contributed by atoms with Crippen LogP contribution >= 0.6 is 24.2 Å². The number of carbonyl (C=O) groups excluding carboxylic acids is 1. The van der Waals surface area contributed by atoms with Gasteiger partial charge in [0.2, 0.25) is 5.91 Å². The zero-order chi connectivity index (χ0) is 15.1. The van der Waals surface area contributed by atoms with Crippen molar-refractivity contribution in [3.63, 3.8) is 0 Å². The highest BCUT2D eigenvalue weighted by Crippen LogP contribution is 2.23. The van der Waals surface area contributed by atoms with Crippen LogP contribution in [0.4, 0.5) is 5.69 Å². The maximum atomic E-state index is 12.1. The van der Waals surface area contributed by atoms with Crippen molar-refractivity contribution in [1.29, 1.82) is 0 Å². The second-order valence-corrected chi connectivity index (χ2v) is 6.83. The van der Waals surface area contributed by atoms with Crippen LogP contribution in [-0.4, -0.2) is 25.3 Å². The van der Waals surface area contributed by atoms with Gasteiger partial charge in [-0.05, 0) is 61.7 Å². The first-order valence-corrected chi connectivity index (χ1v) is 9.17. The van der Waals surface area contributed by atoms with Crippen LogP contribution in [0.3, 0.4) is 0 Å². The van der Waals surface area contributed by atoms with Crippen LogP contribution in [0.15, 0.2) is 24.3 Å². The van der Waals surface area contributed by atoms with E-state index in [1.807, 2.05) is 12.1 Å². The summed E-state index contributed by atoms with van der Waals surface area (Å²) in [6.45, 7) is 4.37. The molecule has 0 spiro atoms. The molecule has 2 unspecified atom stereocenters. The average molecular weight is 343 g/mol. The molecule has 2 N–H and O–H groups in total. The van der Waals surface area contributed by atoms with E-state index in [2.05, 4.69) is 35.9 Å². The lowest BCUT2D eigenvalue weighted by Crippen LogP contribution is -2.34. The van der Waals surface area contributed by atoms with Gasteiger partial charge < -0.3 is 10.6 Å². The molecule has 3 nitrogen and oxygen atoms in total. The van der Waals surface area contributed by atoms with E-state index in [1.54, 1.807) is 11.8 Å². The molecule has 1 aliphatic heterocycles. The molecule has 0 aromatic heterocycles. The maximum absolute atomic E-state index is 12.1. The van der Waals surface area contributed by atoms with E-state index in [9.17, 15) is 4.79 Å². The van der Waals surface area contributed by atoms with Crippen molar-refractivity contribution in [3.05, 3.63) is 29.8 Å². The molecule has 0 aliphatic carbocycles. The molecule has 1 fully saturated rings. The highest BCUT2D eigenvalue weighted by Gasteiger charge is 2.21. The first-order valence-electron chi connectivity index (χ1n) is 7.77. The molecule has 0 saturated carbocycles. The van der Waals surface area contributed by atoms with E-state index < -0.39 is 0 Å². The Hall–Kier alpha value is -0.710. The minimum absolute atomic E-state index is 0. The number of piperidine rings is 1. The third-order valence-corrected chi connectivity index (χ3v) is 4.82. The smallest absolute Gasteiger partial charge is 0.224 e. The van der Waals surface area contributed by atoms with E-state index in [1.165, 1.54) is 18.4 Å². The third-order valence-electron chi connectivity index (χ3n) is 4.20. The second kappa shape index (κ2) is 10.1. The monoisotopic (exact) mass is 342 g/mol. The van der Waals surface area contributed by atoms with Gasteiger partial charge in [-0.25, -0.2) is 0 Å². The number of hydrogen-bond donors (Lipinski definition) is 2.